The number of alkyl halides is 1. The molecule has 0 aliphatic carbocycles. The summed E-state index contributed by atoms with van der Waals surface area (Å²) in [5, 5.41) is 8.60. The second-order valence-corrected chi connectivity index (χ2v) is 5.27. The summed E-state index contributed by atoms with van der Waals surface area (Å²) in [5.74, 6) is 6.07. The molecule has 0 spiro atoms. The van der Waals surface area contributed by atoms with E-state index in [2.05, 4.69) is 27.0 Å². The predicted octanol–water partition coefficient (Wildman–Crippen LogP) is 2.70. The van der Waals surface area contributed by atoms with Gasteiger partial charge in [-0.2, -0.15) is 10.2 Å². The van der Waals surface area contributed by atoms with E-state index >= 15 is 0 Å². The van der Waals surface area contributed by atoms with Crippen LogP contribution in [-0.2, 0) is 13.6 Å². The van der Waals surface area contributed by atoms with Crippen LogP contribution in [-0.4, -0.2) is 31.2 Å². The van der Waals surface area contributed by atoms with E-state index in [0.29, 0.717) is 10.7 Å². The molecule has 5 nitrogen and oxygen atoms in total. The Balaban J connectivity index is 1.95. The van der Waals surface area contributed by atoms with Crippen molar-refractivity contribution in [3.63, 3.8) is 0 Å². The molecule has 3 aromatic heterocycles. The second kappa shape index (κ2) is 6.63. The van der Waals surface area contributed by atoms with Gasteiger partial charge < -0.3 is 0 Å². The molecular weight excluding hydrogens is 317 g/mol. The third kappa shape index (κ3) is 3.58. The van der Waals surface area contributed by atoms with Crippen LogP contribution in [0.2, 0.25) is 5.15 Å². The molecule has 0 saturated heterocycles. The number of hydrogen-bond acceptors (Lipinski definition) is 3. The van der Waals surface area contributed by atoms with Gasteiger partial charge in [-0.05, 0) is 6.07 Å². The van der Waals surface area contributed by atoms with Crippen molar-refractivity contribution in [2.45, 2.75) is 6.54 Å². The molecule has 3 rings (SSSR count). The van der Waals surface area contributed by atoms with Crippen LogP contribution in [0.4, 0.5) is 4.39 Å². The first-order chi connectivity index (χ1) is 11.2. The van der Waals surface area contributed by atoms with E-state index in [1.807, 2.05) is 13.2 Å². The minimum atomic E-state index is -0.458. The van der Waals surface area contributed by atoms with Crippen LogP contribution >= 0.6 is 11.6 Å². The highest BCUT2D eigenvalue weighted by Gasteiger charge is 2.07. The van der Waals surface area contributed by atoms with Crippen molar-refractivity contribution in [1.29, 1.82) is 0 Å². The Morgan fingerprint density at radius 2 is 2.04 bits per heavy atom. The fourth-order valence-electron chi connectivity index (χ4n) is 2.11. The lowest BCUT2D eigenvalue weighted by Gasteiger charge is -2.01. The van der Waals surface area contributed by atoms with E-state index < -0.39 is 6.67 Å². The van der Waals surface area contributed by atoms with Crippen LogP contribution in [0.25, 0.3) is 11.1 Å². The monoisotopic (exact) mass is 329 g/mol. The Bertz CT molecular complexity index is 887. The van der Waals surface area contributed by atoms with Gasteiger partial charge in [-0.3, -0.25) is 9.36 Å². The van der Waals surface area contributed by atoms with Crippen LogP contribution in [0.1, 0.15) is 11.1 Å². The average Bonchev–Trinajstić information content (AvgIpc) is 3.15. The number of aromatic nitrogens is 5. The Morgan fingerprint density at radius 3 is 2.78 bits per heavy atom. The molecule has 0 bridgehead atoms. The molecule has 0 atom stereocenters. The molecule has 0 N–H and O–H groups in total. The van der Waals surface area contributed by atoms with Gasteiger partial charge in [0.25, 0.3) is 0 Å². The van der Waals surface area contributed by atoms with Crippen molar-refractivity contribution >= 4 is 11.6 Å². The molecule has 0 radical (unpaired) electrons. The number of halogens is 2. The molecule has 3 aromatic rings. The molecule has 0 amide bonds. The number of aryl methyl sites for hydroxylation is 2. The summed E-state index contributed by atoms with van der Waals surface area (Å²) in [6.07, 6.45) is 8.57. The quantitative estimate of drug-likeness (QED) is 0.548. The summed E-state index contributed by atoms with van der Waals surface area (Å²) in [7, 11) is 1.84. The zero-order valence-corrected chi connectivity index (χ0v) is 13.1. The number of hydrogen-bond donors (Lipinski definition) is 0. The van der Waals surface area contributed by atoms with Gasteiger partial charge in [0.1, 0.15) is 11.8 Å². The molecule has 7 heteroatoms. The molecule has 23 heavy (non-hydrogen) atoms. The summed E-state index contributed by atoms with van der Waals surface area (Å²) in [6.45, 7) is -0.230. The van der Waals surface area contributed by atoms with Gasteiger partial charge in [0.05, 0.1) is 30.1 Å². The van der Waals surface area contributed by atoms with Crippen molar-refractivity contribution in [3.05, 3.63) is 53.3 Å². The van der Waals surface area contributed by atoms with Gasteiger partial charge in [0, 0.05) is 36.8 Å². The first-order valence-electron chi connectivity index (χ1n) is 6.91. The van der Waals surface area contributed by atoms with Gasteiger partial charge in [-0.25, -0.2) is 9.37 Å². The molecule has 0 aliphatic heterocycles. The van der Waals surface area contributed by atoms with Crippen LogP contribution < -0.4 is 0 Å². The fraction of sp³-hybridized carbons (Fsp3) is 0.188. The lowest BCUT2D eigenvalue weighted by atomic mass is 10.1. The normalized spacial score (nSPS) is 10.4. The Morgan fingerprint density at radius 1 is 1.17 bits per heavy atom. The predicted molar refractivity (Wildman–Crippen MR) is 85.6 cm³/mol. The number of rotatable bonds is 3. The van der Waals surface area contributed by atoms with Crippen LogP contribution in [0.15, 0.2) is 37.1 Å². The van der Waals surface area contributed by atoms with E-state index in [1.165, 1.54) is 4.68 Å². The highest BCUT2D eigenvalue weighted by Crippen LogP contribution is 2.24. The van der Waals surface area contributed by atoms with Crippen molar-refractivity contribution in [2.24, 2.45) is 7.05 Å². The van der Waals surface area contributed by atoms with E-state index in [1.54, 1.807) is 35.5 Å². The highest BCUT2D eigenvalue weighted by molar-refractivity contribution is 6.29. The smallest absolute Gasteiger partial charge is 0.129 e. The summed E-state index contributed by atoms with van der Waals surface area (Å²) in [4.78, 5) is 4.08. The minimum Gasteiger partial charge on any atom is -0.275 e. The van der Waals surface area contributed by atoms with Crippen LogP contribution in [0.3, 0.4) is 0 Å². The summed E-state index contributed by atoms with van der Waals surface area (Å²) in [5.41, 5.74) is 3.22. The SMILES string of the molecule is Cn1cc(-c2cc(Cl)ncc2C#Cc2cnn(CCF)c2)cn1. The largest absolute Gasteiger partial charge is 0.275 e. The van der Waals surface area contributed by atoms with Crippen molar-refractivity contribution in [1.82, 2.24) is 24.5 Å². The first kappa shape index (κ1) is 15.3. The lowest BCUT2D eigenvalue weighted by molar-refractivity contribution is 0.427. The standard InChI is InChI=1S/C16H13ClFN5/c1-22-11-14(9-20-22)15-6-16(17)19-8-13(15)3-2-12-7-21-23(10-12)5-4-18/h6-11H,4-5H2,1H3. The number of pyridine rings is 1. The molecule has 116 valence electrons. The van der Waals surface area contributed by atoms with Gasteiger partial charge in [-0.1, -0.05) is 23.4 Å². The van der Waals surface area contributed by atoms with E-state index in [-0.39, 0.29) is 6.54 Å². The molecular formula is C16H13ClFN5. The van der Waals surface area contributed by atoms with Gasteiger partial charge in [0.2, 0.25) is 0 Å². The van der Waals surface area contributed by atoms with Crippen molar-refractivity contribution in [2.75, 3.05) is 6.67 Å². The van der Waals surface area contributed by atoms with Gasteiger partial charge >= 0.3 is 0 Å². The van der Waals surface area contributed by atoms with Crippen LogP contribution in [0, 0.1) is 11.8 Å². The number of nitrogens with zero attached hydrogens (tertiary/aromatic N) is 5. The Hall–Kier alpha value is -2.65. The molecule has 0 aromatic carbocycles. The molecule has 0 aliphatic rings. The zero-order valence-electron chi connectivity index (χ0n) is 12.4. The second-order valence-electron chi connectivity index (χ2n) is 4.89. The molecule has 3 heterocycles. The van der Waals surface area contributed by atoms with Crippen molar-refractivity contribution in [3.8, 4) is 23.0 Å². The highest BCUT2D eigenvalue weighted by atomic mass is 35.5. The van der Waals surface area contributed by atoms with E-state index in [9.17, 15) is 4.39 Å². The van der Waals surface area contributed by atoms with Crippen LogP contribution in [0.5, 0.6) is 0 Å². The van der Waals surface area contributed by atoms with E-state index in [4.69, 9.17) is 11.6 Å². The maximum Gasteiger partial charge on any atom is 0.129 e. The average molecular weight is 330 g/mol. The first-order valence-corrected chi connectivity index (χ1v) is 7.28. The van der Waals surface area contributed by atoms with Gasteiger partial charge in [-0.15, -0.1) is 0 Å². The Labute approximate surface area is 137 Å². The van der Waals surface area contributed by atoms with Gasteiger partial charge in [0.15, 0.2) is 0 Å². The third-order valence-corrected chi connectivity index (χ3v) is 3.38. The van der Waals surface area contributed by atoms with Crippen molar-refractivity contribution < 1.29 is 4.39 Å². The minimum absolute atomic E-state index is 0.227. The Kier molecular flexibility index (Phi) is 4.40. The zero-order chi connectivity index (χ0) is 16.2. The maximum absolute atomic E-state index is 12.3. The fourth-order valence-corrected chi connectivity index (χ4v) is 2.26. The lowest BCUT2D eigenvalue weighted by Crippen LogP contribution is -1.98. The maximum atomic E-state index is 12.3. The summed E-state index contributed by atoms with van der Waals surface area (Å²) < 4.78 is 15.5. The van der Waals surface area contributed by atoms with E-state index in [0.717, 1.165) is 16.7 Å². The summed E-state index contributed by atoms with van der Waals surface area (Å²) in [6, 6.07) is 1.76. The summed E-state index contributed by atoms with van der Waals surface area (Å²) >= 11 is 5.99. The molecule has 0 fully saturated rings. The molecule has 0 unspecified atom stereocenters. The molecule has 0 saturated carbocycles. The topological polar surface area (TPSA) is 48.5 Å². The third-order valence-electron chi connectivity index (χ3n) is 3.17.